The van der Waals surface area contributed by atoms with Gasteiger partial charge in [0.2, 0.25) is 0 Å². The van der Waals surface area contributed by atoms with Crippen molar-refractivity contribution >= 4 is 28.1 Å². The molecule has 92 valence electrons. The van der Waals surface area contributed by atoms with Crippen LogP contribution in [0, 0.1) is 17.2 Å². The highest BCUT2D eigenvalue weighted by molar-refractivity contribution is 7.19. The van der Waals surface area contributed by atoms with Crippen LogP contribution in [0.5, 0.6) is 0 Å². The summed E-state index contributed by atoms with van der Waals surface area (Å²) in [6, 6.07) is 1.98. The van der Waals surface area contributed by atoms with Crippen molar-refractivity contribution in [3.8, 4) is 6.07 Å². The summed E-state index contributed by atoms with van der Waals surface area (Å²) in [5.74, 6) is 0.694. The van der Waals surface area contributed by atoms with E-state index in [-0.39, 0.29) is 0 Å². The highest BCUT2D eigenvalue weighted by Crippen LogP contribution is 2.28. The summed E-state index contributed by atoms with van der Waals surface area (Å²) in [6.45, 7) is 3.24. The first-order valence-corrected chi connectivity index (χ1v) is 6.87. The molecule has 0 unspecified atom stereocenters. The van der Waals surface area contributed by atoms with E-state index in [1.165, 1.54) is 24.2 Å². The second kappa shape index (κ2) is 5.67. The molecule has 0 aliphatic carbocycles. The van der Waals surface area contributed by atoms with Gasteiger partial charge in [0.05, 0.1) is 0 Å². The molecule has 1 fully saturated rings. The molecule has 1 aliphatic rings. The van der Waals surface area contributed by atoms with Gasteiger partial charge in [0.1, 0.15) is 10.4 Å². The van der Waals surface area contributed by atoms with E-state index < -0.39 is 0 Å². The van der Waals surface area contributed by atoms with Gasteiger partial charge in [0.15, 0.2) is 10.8 Å². The Hall–Kier alpha value is -0.830. The van der Waals surface area contributed by atoms with Gasteiger partial charge in [-0.3, -0.25) is 0 Å². The van der Waals surface area contributed by atoms with Gasteiger partial charge in [0.25, 0.3) is 0 Å². The van der Waals surface area contributed by atoms with Crippen LogP contribution in [-0.2, 0) is 0 Å². The van der Waals surface area contributed by atoms with Crippen molar-refractivity contribution in [2.45, 2.75) is 12.8 Å². The SMILES string of the molecule is CN1CCC(CNc2nc(C#N)c(Cl)s2)CC1. The molecule has 0 spiro atoms. The van der Waals surface area contributed by atoms with E-state index in [0.29, 0.717) is 15.9 Å². The maximum atomic E-state index is 8.75. The fourth-order valence-electron chi connectivity index (χ4n) is 1.94. The van der Waals surface area contributed by atoms with E-state index in [9.17, 15) is 0 Å². The van der Waals surface area contributed by atoms with E-state index in [1.807, 2.05) is 6.07 Å². The Labute approximate surface area is 110 Å². The number of nitriles is 1. The average Bonchev–Trinajstić information content (AvgIpc) is 2.69. The smallest absolute Gasteiger partial charge is 0.185 e. The van der Waals surface area contributed by atoms with Gasteiger partial charge < -0.3 is 10.2 Å². The van der Waals surface area contributed by atoms with Gasteiger partial charge >= 0.3 is 0 Å². The third-order valence-electron chi connectivity index (χ3n) is 3.07. The predicted molar refractivity (Wildman–Crippen MR) is 70.5 cm³/mol. The molecule has 1 aromatic rings. The molecular formula is C11H15ClN4S. The minimum Gasteiger partial charge on any atom is -0.361 e. The van der Waals surface area contributed by atoms with Crippen LogP contribution >= 0.6 is 22.9 Å². The molecule has 0 bridgehead atoms. The molecule has 0 amide bonds. The molecule has 4 nitrogen and oxygen atoms in total. The fraction of sp³-hybridized carbons (Fsp3) is 0.636. The van der Waals surface area contributed by atoms with Crippen molar-refractivity contribution in [2.24, 2.45) is 5.92 Å². The Morgan fingerprint density at radius 2 is 2.29 bits per heavy atom. The molecule has 0 radical (unpaired) electrons. The molecule has 1 saturated heterocycles. The summed E-state index contributed by atoms with van der Waals surface area (Å²) >= 11 is 7.21. The van der Waals surface area contributed by atoms with Crippen LogP contribution in [0.15, 0.2) is 0 Å². The van der Waals surface area contributed by atoms with Crippen molar-refractivity contribution in [3.05, 3.63) is 10.0 Å². The molecule has 2 rings (SSSR count). The number of hydrogen-bond acceptors (Lipinski definition) is 5. The molecule has 0 atom stereocenters. The van der Waals surface area contributed by atoms with Gasteiger partial charge in [0, 0.05) is 6.54 Å². The van der Waals surface area contributed by atoms with E-state index in [0.717, 1.165) is 24.8 Å². The van der Waals surface area contributed by atoms with E-state index in [4.69, 9.17) is 16.9 Å². The van der Waals surface area contributed by atoms with Crippen LogP contribution in [0.3, 0.4) is 0 Å². The van der Waals surface area contributed by atoms with Crippen LogP contribution < -0.4 is 5.32 Å². The lowest BCUT2D eigenvalue weighted by Crippen LogP contribution is -2.32. The van der Waals surface area contributed by atoms with Gasteiger partial charge in [-0.15, -0.1) is 0 Å². The zero-order chi connectivity index (χ0) is 12.3. The molecule has 17 heavy (non-hydrogen) atoms. The highest BCUT2D eigenvalue weighted by Gasteiger charge is 2.17. The second-order valence-electron chi connectivity index (χ2n) is 4.38. The third-order valence-corrected chi connectivity index (χ3v) is 4.28. The topological polar surface area (TPSA) is 52.0 Å². The Morgan fingerprint density at radius 3 is 2.88 bits per heavy atom. The number of nitrogens with zero attached hydrogens (tertiary/aromatic N) is 3. The van der Waals surface area contributed by atoms with Crippen molar-refractivity contribution in [1.82, 2.24) is 9.88 Å². The molecule has 0 aromatic carbocycles. The first-order chi connectivity index (χ1) is 8.19. The molecule has 2 heterocycles. The first kappa shape index (κ1) is 12.6. The molecule has 1 N–H and O–H groups in total. The van der Waals surface area contributed by atoms with Crippen molar-refractivity contribution in [1.29, 1.82) is 5.26 Å². The third kappa shape index (κ3) is 3.32. The van der Waals surface area contributed by atoms with Crippen molar-refractivity contribution < 1.29 is 0 Å². The maximum Gasteiger partial charge on any atom is 0.185 e. The minimum atomic E-state index is 0.322. The van der Waals surface area contributed by atoms with Crippen molar-refractivity contribution in [3.63, 3.8) is 0 Å². The Balaban J connectivity index is 1.83. The van der Waals surface area contributed by atoms with Crippen LogP contribution in [-0.4, -0.2) is 36.6 Å². The molecule has 1 aromatic heterocycles. The number of likely N-dealkylation sites (tertiary alicyclic amines) is 1. The highest BCUT2D eigenvalue weighted by atomic mass is 35.5. The van der Waals surface area contributed by atoms with Gasteiger partial charge in [-0.25, -0.2) is 4.98 Å². The lowest BCUT2D eigenvalue weighted by Gasteiger charge is -2.28. The van der Waals surface area contributed by atoms with E-state index in [1.54, 1.807) is 0 Å². The Morgan fingerprint density at radius 1 is 1.59 bits per heavy atom. The predicted octanol–water partition coefficient (Wildman–Crippen LogP) is 2.42. The number of hydrogen-bond donors (Lipinski definition) is 1. The summed E-state index contributed by atoms with van der Waals surface area (Å²) in [6.07, 6.45) is 2.43. The molecule has 0 saturated carbocycles. The normalized spacial score (nSPS) is 17.9. The summed E-state index contributed by atoms with van der Waals surface area (Å²) in [7, 11) is 2.16. The number of piperidine rings is 1. The van der Waals surface area contributed by atoms with Crippen LogP contribution in [0.4, 0.5) is 5.13 Å². The summed E-state index contributed by atoms with van der Waals surface area (Å²) in [4.78, 5) is 6.48. The maximum absolute atomic E-state index is 8.75. The average molecular weight is 271 g/mol. The summed E-state index contributed by atoms with van der Waals surface area (Å²) in [5.41, 5.74) is 0.322. The molecule has 6 heteroatoms. The number of nitrogens with one attached hydrogen (secondary N) is 1. The van der Waals surface area contributed by atoms with Crippen LogP contribution in [0.2, 0.25) is 4.34 Å². The molecular weight excluding hydrogens is 256 g/mol. The molecule has 1 aliphatic heterocycles. The van der Waals surface area contributed by atoms with E-state index in [2.05, 4.69) is 22.2 Å². The van der Waals surface area contributed by atoms with Crippen LogP contribution in [0.1, 0.15) is 18.5 Å². The zero-order valence-corrected chi connectivity index (χ0v) is 11.3. The van der Waals surface area contributed by atoms with E-state index >= 15 is 0 Å². The number of halogens is 1. The summed E-state index contributed by atoms with van der Waals surface area (Å²) < 4.78 is 0.471. The Kier molecular flexibility index (Phi) is 4.21. The first-order valence-electron chi connectivity index (χ1n) is 5.68. The largest absolute Gasteiger partial charge is 0.361 e. The zero-order valence-electron chi connectivity index (χ0n) is 9.74. The number of thiazole rings is 1. The van der Waals surface area contributed by atoms with Gasteiger partial charge in [-0.05, 0) is 38.9 Å². The van der Waals surface area contributed by atoms with Gasteiger partial charge in [-0.1, -0.05) is 22.9 Å². The Bertz CT molecular complexity index is 418. The van der Waals surface area contributed by atoms with Crippen LogP contribution in [0.25, 0.3) is 0 Å². The lowest BCUT2D eigenvalue weighted by molar-refractivity contribution is 0.226. The number of rotatable bonds is 3. The van der Waals surface area contributed by atoms with Gasteiger partial charge in [-0.2, -0.15) is 5.26 Å². The lowest BCUT2D eigenvalue weighted by atomic mass is 9.97. The fourth-order valence-corrected chi connectivity index (χ4v) is 2.90. The quantitative estimate of drug-likeness (QED) is 0.917. The standard InChI is InChI=1S/C11H15ClN4S/c1-16-4-2-8(3-5-16)7-14-11-15-9(6-13)10(12)17-11/h8H,2-5,7H2,1H3,(H,14,15). The minimum absolute atomic E-state index is 0.322. The number of anilines is 1. The summed E-state index contributed by atoms with van der Waals surface area (Å²) in [5, 5.41) is 12.8. The monoisotopic (exact) mass is 270 g/mol. The number of aromatic nitrogens is 1. The van der Waals surface area contributed by atoms with Crippen molar-refractivity contribution in [2.75, 3.05) is 32.0 Å². The second-order valence-corrected chi connectivity index (χ2v) is 5.98.